The normalized spacial score (nSPS) is 15.6. The molecule has 1 saturated heterocycles. The molecule has 3 heterocycles. The number of rotatable bonds is 8. The predicted molar refractivity (Wildman–Crippen MR) is 142 cm³/mol. The molecule has 0 atom stereocenters. The number of benzene rings is 1. The highest BCUT2D eigenvalue weighted by molar-refractivity contribution is 6.76. The molecule has 0 bridgehead atoms. The fraction of sp³-hybridized carbons (Fsp3) is 0.423. The largest absolute Gasteiger partial charge is 0.450 e. The number of carbonyl (C=O) groups is 1. The van der Waals surface area contributed by atoms with E-state index in [0.29, 0.717) is 31.8 Å². The second-order valence-electron chi connectivity index (χ2n) is 10.5. The minimum absolute atomic E-state index is 0.117. The van der Waals surface area contributed by atoms with Gasteiger partial charge in [0.2, 0.25) is 0 Å². The molecule has 0 spiro atoms. The summed E-state index contributed by atoms with van der Waals surface area (Å²) in [5, 5.41) is 1.80. The average Bonchev–Trinajstić information content (AvgIpc) is 3.24. The summed E-state index contributed by atoms with van der Waals surface area (Å²) in [6, 6.07) is 2.64. The quantitative estimate of drug-likeness (QED) is 0.172. The number of hydrogen-bond acceptors (Lipinski definition) is 5. The highest BCUT2D eigenvalue weighted by atomic mass is 28.3. The van der Waals surface area contributed by atoms with Crippen LogP contribution in [-0.4, -0.2) is 49.2 Å². The maximum Gasteiger partial charge on any atom is 0.418 e. The Bertz CT molecular complexity index is 1390. The van der Waals surface area contributed by atoms with Gasteiger partial charge in [0.25, 0.3) is 0 Å². The molecular formula is C26H29F5N4O4Si. The van der Waals surface area contributed by atoms with Crippen LogP contribution in [0.5, 0.6) is 11.5 Å². The van der Waals surface area contributed by atoms with Crippen molar-refractivity contribution in [1.82, 2.24) is 9.55 Å². The first-order valence-electron chi connectivity index (χ1n) is 12.6. The summed E-state index contributed by atoms with van der Waals surface area (Å²) in [6.07, 6.45) is -1.53. The lowest BCUT2D eigenvalue weighted by atomic mass is 10.2. The Balaban J connectivity index is 1.59. The van der Waals surface area contributed by atoms with E-state index in [1.807, 2.05) is 0 Å². The van der Waals surface area contributed by atoms with Crippen LogP contribution < -0.4 is 10.1 Å². The Morgan fingerprint density at radius 1 is 1.23 bits per heavy atom. The van der Waals surface area contributed by atoms with E-state index < -0.39 is 54.4 Å². The third kappa shape index (κ3) is 7.43. The van der Waals surface area contributed by atoms with Crippen LogP contribution in [-0.2, 0) is 22.4 Å². The van der Waals surface area contributed by atoms with Crippen LogP contribution in [0.4, 0.5) is 32.4 Å². The number of urea groups is 1. The van der Waals surface area contributed by atoms with Gasteiger partial charge in [-0.1, -0.05) is 19.6 Å². The number of anilines is 1. The number of aromatic nitrogens is 2. The van der Waals surface area contributed by atoms with Gasteiger partial charge < -0.3 is 24.1 Å². The smallest absolute Gasteiger partial charge is 0.418 e. The maximum atomic E-state index is 14.9. The summed E-state index contributed by atoms with van der Waals surface area (Å²) in [7, 11) is -1.42. The molecule has 1 N–H and O–H groups in total. The van der Waals surface area contributed by atoms with Crippen molar-refractivity contribution in [2.45, 2.75) is 51.4 Å². The van der Waals surface area contributed by atoms with E-state index in [2.05, 4.69) is 34.9 Å². The van der Waals surface area contributed by atoms with Gasteiger partial charge in [0.15, 0.2) is 17.4 Å². The second kappa shape index (κ2) is 12.0. The van der Waals surface area contributed by atoms with Crippen LogP contribution in [0.3, 0.4) is 0 Å². The Labute approximate surface area is 228 Å². The van der Waals surface area contributed by atoms with E-state index in [1.165, 1.54) is 10.8 Å². The molecular weight excluding hydrogens is 555 g/mol. The lowest BCUT2D eigenvalue weighted by molar-refractivity contribution is -0.136. The molecule has 2 aromatic heterocycles. The van der Waals surface area contributed by atoms with Gasteiger partial charge >= 0.3 is 12.2 Å². The first kappa shape index (κ1) is 29.6. The zero-order valence-electron chi connectivity index (χ0n) is 22.2. The Kier molecular flexibility index (Phi) is 8.90. The highest BCUT2D eigenvalue weighted by Gasteiger charge is 2.37. The Morgan fingerprint density at radius 2 is 1.95 bits per heavy atom. The molecule has 3 aromatic rings. The molecule has 8 nitrogen and oxygen atoms in total. The lowest BCUT2D eigenvalue weighted by Gasteiger charge is -2.15. The van der Waals surface area contributed by atoms with Crippen LogP contribution in [0.1, 0.15) is 18.4 Å². The van der Waals surface area contributed by atoms with Crippen molar-refractivity contribution < 1.29 is 41.0 Å². The van der Waals surface area contributed by atoms with E-state index >= 15 is 0 Å². The maximum absolute atomic E-state index is 14.9. The third-order valence-electron chi connectivity index (χ3n) is 6.00. The number of aliphatic imine (C=N–C) groups is 1. The zero-order chi connectivity index (χ0) is 29.1. The first-order chi connectivity index (χ1) is 18.8. The molecule has 216 valence electrons. The van der Waals surface area contributed by atoms with E-state index in [0.717, 1.165) is 30.4 Å². The fourth-order valence-corrected chi connectivity index (χ4v) is 4.75. The number of ether oxygens (including phenoxy) is 3. The fourth-order valence-electron chi connectivity index (χ4n) is 3.99. The molecule has 1 aliphatic heterocycles. The molecule has 14 heteroatoms. The number of carbonyl (C=O) groups excluding carboxylic acids is 1. The van der Waals surface area contributed by atoms with Crippen LogP contribution >= 0.6 is 0 Å². The summed E-state index contributed by atoms with van der Waals surface area (Å²) in [5.74, 6) is -3.87. The second-order valence-corrected chi connectivity index (χ2v) is 16.1. The number of nitrogens with one attached hydrogen (secondary N) is 1. The number of hydrogen-bond donors (Lipinski definition) is 1. The van der Waals surface area contributed by atoms with Crippen molar-refractivity contribution in [1.29, 1.82) is 0 Å². The predicted octanol–water partition coefficient (Wildman–Crippen LogP) is 7.22. The SMILES string of the molecule is C[Si](C)(C)CCOCn1cc(C(F)(F)F)c2c(Oc3c(F)cc(NC(=O)/N=C4\CCCOC4)cc3F)ccnc21. The first-order valence-corrected chi connectivity index (χ1v) is 16.3. The van der Waals surface area contributed by atoms with Gasteiger partial charge in [0, 0.05) is 57.2 Å². The van der Waals surface area contributed by atoms with Gasteiger partial charge in [-0.15, -0.1) is 0 Å². The summed E-state index contributed by atoms with van der Waals surface area (Å²) in [6.45, 7) is 7.37. The van der Waals surface area contributed by atoms with Crippen LogP contribution in [0.25, 0.3) is 11.0 Å². The molecule has 0 saturated carbocycles. The number of amides is 2. The van der Waals surface area contributed by atoms with Crippen LogP contribution in [0, 0.1) is 11.6 Å². The molecule has 2 amide bonds. The third-order valence-corrected chi connectivity index (χ3v) is 7.70. The van der Waals surface area contributed by atoms with E-state index in [-0.39, 0.29) is 24.7 Å². The van der Waals surface area contributed by atoms with E-state index in [9.17, 15) is 26.7 Å². The molecule has 4 rings (SSSR count). The van der Waals surface area contributed by atoms with Gasteiger partial charge in [0.1, 0.15) is 18.1 Å². The molecule has 1 aromatic carbocycles. The van der Waals surface area contributed by atoms with Crippen molar-refractivity contribution in [2.24, 2.45) is 4.99 Å². The average molecular weight is 585 g/mol. The molecule has 40 heavy (non-hydrogen) atoms. The standard InChI is InChI=1S/C26H29F5N4O4Si/c1-40(2,3)10-9-38-15-35-13-18(26(29,30)31)22-21(6-7-32-24(22)35)39-23-19(27)11-17(12-20(23)28)34-25(36)33-16-5-4-8-37-14-16/h6-7,11-13H,4-5,8-10,14-15H2,1-3H3,(H,34,36)/b33-16+. The van der Waals surface area contributed by atoms with Crippen LogP contribution in [0.15, 0.2) is 35.6 Å². The van der Waals surface area contributed by atoms with Crippen molar-refractivity contribution >= 4 is 36.5 Å². The summed E-state index contributed by atoms with van der Waals surface area (Å²) < 4.78 is 89.1. The monoisotopic (exact) mass is 584 g/mol. The van der Waals surface area contributed by atoms with Gasteiger partial charge in [-0.2, -0.15) is 13.2 Å². The van der Waals surface area contributed by atoms with Crippen LogP contribution in [0.2, 0.25) is 25.7 Å². The molecule has 1 fully saturated rings. The van der Waals surface area contributed by atoms with Gasteiger partial charge in [-0.25, -0.2) is 23.6 Å². The van der Waals surface area contributed by atoms with Gasteiger partial charge in [-0.05, 0) is 25.0 Å². The van der Waals surface area contributed by atoms with Crippen molar-refractivity contribution in [2.75, 3.05) is 25.1 Å². The Morgan fingerprint density at radius 3 is 2.58 bits per heavy atom. The summed E-state index contributed by atoms with van der Waals surface area (Å²) in [5.41, 5.74) is -0.950. The van der Waals surface area contributed by atoms with Crippen molar-refractivity contribution in [3.63, 3.8) is 0 Å². The van der Waals surface area contributed by atoms with E-state index in [4.69, 9.17) is 14.2 Å². The molecule has 1 aliphatic rings. The number of alkyl halides is 3. The number of halogens is 5. The molecule has 0 unspecified atom stereocenters. The van der Waals surface area contributed by atoms with Crippen molar-refractivity contribution in [3.05, 3.63) is 47.8 Å². The zero-order valence-corrected chi connectivity index (χ0v) is 23.2. The molecule has 0 radical (unpaired) electrons. The lowest BCUT2D eigenvalue weighted by Crippen LogP contribution is -2.22. The van der Waals surface area contributed by atoms with Gasteiger partial charge in [0.05, 0.1) is 17.6 Å². The number of pyridine rings is 1. The summed E-state index contributed by atoms with van der Waals surface area (Å²) >= 11 is 0. The highest BCUT2D eigenvalue weighted by Crippen LogP contribution is 2.42. The molecule has 0 aliphatic carbocycles. The number of nitrogens with zero attached hydrogens (tertiary/aromatic N) is 3. The topological polar surface area (TPSA) is 87.0 Å². The minimum atomic E-state index is -4.81. The van der Waals surface area contributed by atoms with E-state index in [1.54, 1.807) is 0 Å². The summed E-state index contributed by atoms with van der Waals surface area (Å²) in [4.78, 5) is 20.0. The van der Waals surface area contributed by atoms with Crippen molar-refractivity contribution in [3.8, 4) is 11.5 Å². The Hall–Kier alpha value is -3.36. The van der Waals surface area contributed by atoms with Gasteiger partial charge in [-0.3, -0.25) is 0 Å². The number of fused-ring (bicyclic) bond motifs is 1. The minimum Gasteiger partial charge on any atom is -0.450 e.